The highest BCUT2D eigenvalue weighted by atomic mass is 16.5. The van der Waals surface area contributed by atoms with Crippen molar-refractivity contribution in [2.24, 2.45) is 18.9 Å². The third kappa shape index (κ3) is 3.58. The summed E-state index contributed by atoms with van der Waals surface area (Å²) in [4.78, 5) is 15.7. The maximum absolute atomic E-state index is 13.7. The second-order valence-corrected chi connectivity index (χ2v) is 7.80. The maximum atomic E-state index is 13.7. The van der Waals surface area contributed by atoms with Gasteiger partial charge in [-0.1, -0.05) is 0 Å². The summed E-state index contributed by atoms with van der Waals surface area (Å²) >= 11 is 0. The minimum absolute atomic E-state index is 0.0718. The number of benzene rings is 1. The van der Waals surface area contributed by atoms with Crippen LogP contribution in [-0.2, 0) is 11.8 Å². The lowest BCUT2D eigenvalue weighted by Crippen LogP contribution is -2.45. The van der Waals surface area contributed by atoms with E-state index in [1.165, 1.54) is 12.8 Å². The molecule has 2 aromatic rings. The first kappa shape index (κ1) is 18.0. The third-order valence-corrected chi connectivity index (χ3v) is 5.98. The SMILES string of the molecule is COc1ccc(N(C(=O)[C@H]2CNC[C@@H]2c2cnn(C)c2)C(C)C2CC2)cc1. The summed E-state index contributed by atoms with van der Waals surface area (Å²) in [5, 5.41) is 7.72. The molecule has 1 aliphatic carbocycles. The van der Waals surface area contributed by atoms with Gasteiger partial charge in [-0.05, 0) is 55.5 Å². The Morgan fingerprint density at radius 2 is 2.04 bits per heavy atom. The zero-order valence-electron chi connectivity index (χ0n) is 16.3. The van der Waals surface area contributed by atoms with Crippen molar-refractivity contribution < 1.29 is 9.53 Å². The lowest BCUT2D eigenvalue weighted by molar-refractivity contribution is -0.122. The number of rotatable bonds is 6. The highest BCUT2D eigenvalue weighted by Gasteiger charge is 2.42. The zero-order chi connectivity index (χ0) is 19.0. The molecule has 1 amide bonds. The molecule has 1 unspecified atom stereocenters. The first-order valence-electron chi connectivity index (χ1n) is 9.75. The first-order chi connectivity index (χ1) is 13.1. The molecular weight excluding hydrogens is 340 g/mol. The number of hydrogen-bond acceptors (Lipinski definition) is 4. The number of aryl methyl sites for hydroxylation is 1. The molecule has 6 heteroatoms. The summed E-state index contributed by atoms with van der Waals surface area (Å²) in [5.74, 6) is 1.71. The molecule has 2 heterocycles. The van der Waals surface area contributed by atoms with E-state index in [9.17, 15) is 4.79 Å². The molecule has 1 saturated heterocycles. The molecular formula is C21H28N4O2. The van der Waals surface area contributed by atoms with Crippen LogP contribution in [0, 0.1) is 11.8 Å². The van der Waals surface area contributed by atoms with E-state index in [0.717, 1.165) is 23.5 Å². The van der Waals surface area contributed by atoms with E-state index in [4.69, 9.17) is 4.74 Å². The molecule has 1 aromatic carbocycles. The normalized spacial score (nSPS) is 23.2. The molecule has 1 aromatic heterocycles. The Labute approximate surface area is 160 Å². The fourth-order valence-corrected chi connectivity index (χ4v) is 4.19. The molecule has 2 fully saturated rings. The van der Waals surface area contributed by atoms with E-state index in [1.54, 1.807) is 7.11 Å². The van der Waals surface area contributed by atoms with Gasteiger partial charge in [-0.15, -0.1) is 0 Å². The highest BCUT2D eigenvalue weighted by Crippen LogP contribution is 2.39. The first-order valence-corrected chi connectivity index (χ1v) is 9.75. The topological polar surface area (TPSA) is 59.4 Å². The van der Waals surface area contributed by atoms with Crippen LogP contribution in [-0.4, -0.2) is 41.9 Å². The predicted molar refractivity (Wildman–Crippen MR) is 105 cm³/mol. The standard InChI is InChI=1S/C21H28N4O2/c1-14(15-4-5-15)25(17-6-8-18(27-3)9-7-17)21(26)20-12-22-11-19(20)16-10-23-24(2)13-16/h6-10,13-15,19-20,22H,4-5,11-12H2,1-3H3/t14?,19-,20+/m1/s1. The van der Waals surface area contributed by atoms with E-state index in [-0.39, 0.29) is 23.8 Å². The average Bonchev–Trinajstić information content (AvgIpc) is 3.26. The highest BCUT2D eigenvalue weighted by molar-refractivity contribution is 5.96. The molecule has 2 aliphatic rings. The van der Waals surface area contributed by atoms with Gasteiger partial charge in [0.05, 0.1) is 19.2 Å². The monoisotopic (exact) mass is 368 g/mol. The van der Waals surface area contributed by atoms with Gasteiger partial charge < -0.3 is 15.0 Å². The van der Waals surface area contributed by atoms with Crippen molar-refractivity contribution in [3.05, 3.63) is 42.2 Å². The molecule has 1 aliphatic heterocycles. The van der Waals surface area contributed by atoms with E-state index in [2.05, 4.69) is 17.3 Å². The van der Waals surface area contributed by atoms with Crippen molar-refractivity contribution in [2.45, 2.75) is 31.7 Å². The zero-order valence-corrected chi connectivity index (χ0v) is 16.3. The number of hydrogen-bond donors (Lipinski definition) is 1. The second-order valence-electron chi connectivity index (χ2n) is 7.80. The summed E-state index contributed by atoms with van der Waals surface area (Å²) in [6.45, 7) is 3.71. The minimum atomic E-state index is -0.0718. The van der Waals surface area contributed by atoms with Crippen LogP contribution in [0.15, 0.2) is 36.7 Å². The summed E-state index contributed by atoms with van der Waals surface area (Å²) in [6, 6.07) is 8.07. The van der Waals surface area contributed by atoms with Crippen molar-refractivity contribution in [3.63, 3.8) is 0 Å². The van der Waals surface area contributed by atoms with Gasteiger partial charge in [0.15, 0.2) is 0 Å². The second kappa shape index (κ2) is 7.35. The predicted octanol–water partition coefficient (Wildman–Crippen LogP) is 2.56. The quantitative estimate of drug-likeness (QED) is 0.851. The summed E-state index contributed by atoms with van der Waals surface area (Å²) in [6.07, 6.45) is 6.33. The van der Waals surface area contributed by atoms with Gasteiger partial charge in [-0.3, -0.25) is 9.48 Å². The molecule has 144 valence electrons. The summed E-state index contributed by atoms with van der Waals surface area (Å²) in [7, 11) is 3.58. The van der Waals surface area contributed by atoms with Gasteiger partial charge in [0.25, 0.3) is 0 Å². The van der Waals surface area contributed by atoms with Gasteiger partial charge >= 0.3 is 0 Å². The van der Waals surface area contributed by atoms with Crippen molar-refractivity contribution in [3.8, 4) is 5.75 Å². The largest absolute Gasteiger partial charge is 0.497 e. The van der Waals surface area contributed by atoms with Crippen LogP contribution in [0.1, 0.15) is 31.2 Å². The van der Waals surface area contributed by atoms with Gasteiger partial charge in [-0.25, -0.2) is 0 Å². The number of aromatic nitrogens is 2. The van der Waals surface area contributed by atoms with Crippen LogP contribution in [0.25, 0.3) is 0 Å². The van der Waals surface area contributed by atoms with Crippen LogP contribution in [0.2, 0.25) is 0 Å². The van der Waals surface area contributed by atoms with Crippen LogP contribution in [0.4, 0.5) is 5.69 Å². The summed E-state index contributed by atoms with van der Waals surface area (Å²) < 4.78 is 7.09. The van der Waals surface area contributed by atoms with Gasteiger partial charge in [-0.2, -0.15) is 5.10 Å². The number of anilines is 1. The number of ether oxygens (including phenoxy) is 1. The van der Waals surface area contributed by atoms with Crippen LogP contribution in [0.5, 0.6) is 5.75 Å². The number of nitrogens with one attached hydrogen (secondary N) is 1. The molecule has 6 nitrogen and oxygen atoms in total. The van der Waals surface area contributed by atoms with E-state index < -0.39 is 0 Å². The van der Waals surface area contributed by atoms with E-state index in [0.29, 0.717) is 12.5 Å². The lowest BCUT2D eigenvalue weighted by Gasteiger charge is -2.33. The van der Waals surface area contributed by atoms with Gasteiger partial charge in [0, 0.05) is 44.0 Å². The van der Waals surface area contributed by atoms with E-state index >= 15 is 0 Å². The van der Waals surface area contributed by atoms with Crippen molar-refractivity contribution >= 4 is 11.6 Å². The van der Waals surface area contributed by atoms with Crippen LogP contribution in [0.3, 0.4) is 0 Å². The van der Waals surface area contributed by atoms with Crippen LogP contribution < -0.4 is 15.0 Å². The number of amides is 1. The molecule has 3 atom stereocenters. The minimum Gasteiger partial charge on any atom is -0.497 e. The molecule has 0 radical (unpaired) electrons. The Bertz CT molecular complexity index is 797. The fraction of sp³-hybridized carbons (Fsp3) is 0.524. The van der Waals surface area contributed by atoms with Crippen molar-refractivity contribution in [2.75, 3.05) is 25.1 Å². The van der Waals surface area contributed by atoms with Crippen LogP contribution >= 0.6 is 0 Å². The number of carbonyl (C=O) groups is 1. The molecule has 1 N–H and O–H groups in total. The average molecular weight is 368 g/mol. The Balaban J connectivity index is 1.63. The smallest absolute Gasteiger partial charge is 0.232 e. The molecule has 27 heavy (non-hydrogen) atoms. The third-order valence-electron chi connectivity index (χ3n) is 5.98. The maximum Gasteiger partial charge on any atom is 0.232 e. The fourth-order valence-electron chi connectivity index (χ4n) is 4.19. The number of nitrogens with zero attached hydrogens (tertiary/aromatic N) is 3. The Hall–Kier alpha value is -2.34. The molecule has 4 rings (SSSR count). The Kier molecular flexibility index (Phi) is 4.91. The number of carbonyl (C=O) groups excluding carboxylic acids is 1. The lowest BCUT2D eigenvalue weighted by atomic mass is 9.89. The van der Waals surface area contributed by atoms with Crippen molar-refractivity contribution in [1.82, 2.24) is 15.1 Å². The van der Waals surface area contributed by atoms with E-state index in [1.807, 2.05) is 53.3 Å². The Morgan fingerprint density at radius 3 is 2.63 bits per heavy atom. The Morgan fingerprint density at radius 1 is 1.30 bits per heavy atom. The number of methoxy groups -OCH3 is 1. The summed E-state index contributed by atoms with van der Waals surface area (Å²) in [5.41, 5.74) is 2.09. The molecule has 0 spiro atoms. The molecule has 0 bridgehead atoms. The van der Waals surface area contributed by atoms with Gasteiger partial charge in [0.2, 0.25) is 5.91 Å². The molecule has 1 saturated carbocycles. The van der Waals surface area contributed by atoms with Crippen molar-refractivity contribution in [1.29, 1.82) is 0 Å². The van der Waals surface area contributed by atoms with Gasteiger partial charge in [0.1, 0.15) is 5.75 Å².